The third kappa shape index (κ3) is 3.89. The number of nitrogens with zero attached hydrogens (tertiary/aromatic N) is 3. The fourth-order valence-electron chi connectivity index (χ4n) is 2.19. The van der Waals surface area contributed by atoms with Gasteiger partial charge in [0.25, 0.3) is 5.91 Å². The summed E-state index contributed by atoms with van der Waals surface area (Å²) in [5, 5.41) is 9.51. The third-order valence-corrected chi connectivity index (χ3v) is 3.44. The Morgan fingerprint density at radius 3 is 2.62 bits per heavy atom. The maximum absolute atomic E-state index is 12.5. The average Bonchev–Trinajstić information content (AvgIpc) is 3.06. The van der Waals surface area contributed by atoms with Gasteiger partial charge in [-0.1, -0.05) is 5.16 Å². The number of aromatic nitrogens is 3. The predicted molar refractivity (Wildman–Crippen MR) is 94.1 cm³/mol. The Bertz CT molecular complexity index is 925. The Hall–Kier alpha value is -3.62. The van der Waals surface area contributed by atoms with Crippen molar-refractivity contribution < 1.29 is 18.8 Å². The number of carbonyl (C=O) groups is 1. The molecule has 0 spiro atoms. The molecule has 0 saturated carbocycles. The number of hydrogen-bond donors (Lipinski definition) is 2. The topological polar surface area (TPSA) is 111 Å². The molecule has 2 aromatic heterocycles. The van der Waals surface area contributed by atoms with E-state index in [1.54, 1.807) is 38.3 Å². The van der Waals surface area contributed by atoms with E-state index < -0.39 is 5.91 Å². The molecule has 134 valence electrons. The normalized spacial score (nSPS) is 10.3. The summed E-state index contributed by atoms with van der Waals surface area (Å²) in [4.78, 5) is 20.6. The number of nitrogens with one attached hydrogen (secondary N) is 2. The van der Waals surface area contributed by atoms with E-state index in [2.05, 4.69) is 25.8 Å². The number of rotatable bonds is 6. The lowest BCUT2D eigenvalue weighted by atomic mass is 10.2. The van der Waals surface area contributed by atoms with Gasteiger partial charge in [0.1, 0.15) is 35.1 Å². The van der Waals surface area contributed by atoms with E-state index in [9.17, 15) is 4.79 Å². The smallest absolute Gasteiger partial charge is 0.274 e. The van der Waals surface area contributed by atoms with Gasteiger partial charge in [0.15, 0.2) is 5.82 Å². The van der Waals surface area contributed by atoms with E-state index in [0.717, 1.165) is 0 Å². The Morgan fingerprint density at radius 2 is 1.92 bits per heavy atom. The van der Waals surface area contributed by atoms with Crippen LogP contribution in [0.25, 0.3) is 0 Å². The number of amides is 1. The highest BCUT2D eigenvalue weighted by molar-refractivity contribution is 6.04. The summed E-state index contributed by atoms with van der Waals surface area (Å²) in [5.74, 6) is 2.25. The van der Waals surface area contributed by atoms with Crippen molar-refractivity contribution in [2.24, 2.45) is 0 Å². The Balaban J connectivity index is 1.77. The molecule has 0 saturated heterocycles. The molecule has 0 aliphatic rings. The van der Waals surface area contributed by atoms with Crippen molar-refractivity contribution in [1.82, 2.24) is 15.1 Å². The highest BCUT2D eigenvalue weighted by Gasteiger charge is 2.13. The summed E-state index contributed by atoms with van der Waals surface area (Å²) >= 11 is 0. The lowest BCUT2D eigenvalue weighted by Crippen LogP contribution is -2.15. The van der Waals surface area contributed by atoms with Gasteiger partial charge in [-0.05, 0) is 19.1 Å². The minimum absolute atomic E-state index is 0.181. The molecule has 3 aromatic rings. The van der Waals surface area contributed by atoms with E-state index in [0.29, 0.717) is 34.6 Å². The van der Waals surface area contributed by atoms with Gasteiger partial charge in [0.05, 0.1) is 19.9 Å². The first kappa shape index (κ1) is 17.2. The zero-order valence-corrected chi connectivity index (χ0v) is 14.4. The van der Waals surface area contributed by atoms with Gasteiger partial charge in [-0.2, -0.15) is 0 Å². The minimum Gasteiger partial charge on any atom is -0.497 e. The largest absolute Gasteiger partial charge is 0.497 e. The first-order valence-corrected chi connectivity index (χ1v) is 7.65. The molecule has 9 nitrogen and oxygen atoms in total. The second-order valence-electron chi connectivity index (χ2n) is 5.26. The standard InChI is InChI=1S/C17H17N5O4/c1-10-6-16(22-26-10)21-15-8-13(18-9-19-15)17(23)20-12-5-4-11(24-2)7-14(12)25-3/h4-9H,1-3H3,(H,20,23)(H,18,19,21,22). The Kier molecular flexibility index (Phi) is 4.97. The average molecular weight is 355 g/mol. The number of carbonyl (C=O) groups excluding carboxylic acids is 1. The van der Waals surface area contributed by atoms with E-state index in [1.807, 2.05) is 0 Å². The van der Waals surface area contributed by atoms with Crippen LogP contribution in [0.2, 0.25) is 0 Å². The van der Waals surface area contributed by atoms with Gasteiger partial charge < -0.3 is 24.6 Å². The summed E-state index contributed by atoms with van der Waals surface area (Å²) in [5.41, 5.74) is 0.680. The van der Waals surface area contributed by atoms with E-state index in [1.165, 1.54) is 19.5 Å². The number of hydrogen-bond acceptors (Lipinski definition) is 8. The quantitative estimate of drug-likeness (QED) is 0.694. The van der Waals surface area contributed by atoms with Crippen LogP contribution in [0.1, 0.15) is 16.2 Å². The maximum atomic E-state index is 12.5. The molecule has 2 heterocycles. The molecule has 1 aromatic carbocycles. The molecule has 1 amide bonds. The molecule has 0 unspecified atom stereocenters. The molecule has 0 radical (unpaired) electrons. The number of methoxy groups -OCH3 is 2. The lowest BCUT2D eigenvalue weighted by Gasteiger charge is -2.11. The molecule has 9 heteroatoms. The van der Waals surface area contributed by atoms with Crippen molar-refractivity contribution in [1.29, 1.82) is 0 Å². The van der Waals surface area contributed by atoms with Crippen molar-refractivity contribution >= 4 is 23.2 Å². The second-order valence-corrected chi connectivity index (χ2v) is 5.26. The third-order valence-electron chi connectivity index (χ3n) is 3.44. The molecular formula is C17H17N5O4. The van der Waals surface area contributed by atoms with Crippen LogP contribution in [0.4, 0.5) is 17.3 Å². The Morgan fingerprint density at radius 1 is 1.08 bits per heavy atom. The van der Waals surface area contributed by atoms with Crippen LogP contribution in [-0.4, -0.2) is 35.3 Å². The van der Waals surface area contributed by atoms with Crippen molar-refractivity contribution in [3.63, 3.8) is 0 Å². The van der Waals surface area contributed by atoms with E-state index in [4.69, 9.17) is 14.0 Å². The monoisotopic (exact) mass is 355 g/mol. The van der Waals surface area contributed by atoms with Crippen LogP contribution >= 0.6 is 0 Å². The summed E-state index contributed by atoms with van der Waals surface area (Å²) in [7, 11) is 3.07. The van der Waals surface area contributed by atoms with Crippen LogP contribution in [0, 0.1) is 6.92 Å². The van der Waals surface area contributed by atoms with Crippen LogP contribution in [0.15, 0.2) is 41.2 Å². The molecule has 0 fully saturated rings. The van der Waals surface area contributed by atoms with Gasteiger partial charge in [0, 0.05) is 18.2 Å². The summed E-state index contributed by atoms with van der Waals surface area (Å²) < 4.78 is 15.4. The van der Waals surface area contributed by atoms with Gasteiger partial charge >= 0.3 is 0 Å². The summed E-state index contributed by atoms with van der Waals surface area (Å²) in [6, 6.07) is 8.31. The molecular weight excluding hydrogens is 338 g/mol. The number of anilines is 3. The summed E-state index contributed by atoms with van der Waals surface area (Å²) in [6.07, 6.45) is 1.29. The van der Waals surface area contributed by atoms with Gasteiger partial charge in [-0.25, -0.2) is 9.97 Å². The van der Waals surface area contributed by atoms with Crippen LogP contribution < -0.4 is 20.1 Å². The fraction of sp³-hybridized carbons (Fsp3) is 0.176. The molecule has 0 aliphatic carbocycles. The number of ether oxygens (including phenoxy) is 2. The van der Waals surface area contributed by atoms with Crippen molar-refractivity contribution in [3.05, 3.63) is 48.1 Å². The van der Waals surface area contributed by atoms with Crippen molar-refractivity contribution in [2.45, 2.75) is 6.92 Å². The molecule has 26 heavy (non-hydrogen) atoms. The van der Waals surface area contributed by atoms with Crippen LogP contribution in [0.3, 0.4) is 0 Å². The lowest BCUT2D eigenvalue weighted by molar-refractivity contribution is 0.102. The first-order chi connectivity index (χ1) is 12.6. The molecule has 0 aliphatic heterocycles. The zero-order valence-electron chi connectivity index (χ0n) is 14.4. The maximum Gasteiger partial charge on any atom is 0.274 e. The van der Waals surface area contributed by atoms with E-state index in [-0.39, 0.29) is 5.69 Å². The van der Waals surface area contributed by atoms with Gasteiger partial charge in [-0.3, -0.25) is 4.79 Å². The number of aryl methyl sites for hydroxylation is 1. The zero-order chi connectivity index (χ0) is 18.5. The van der Waals surface area contributed by atoms with Gasteiger partial charge in [-0.15, -0.1) is 0 Å². The van der Waals surface area contributed by atoms with Gasteiger partial charge in [0.2, 0.25) is 0 Å². The highest BCUT2D eigenvalue weighted by atomic mass is 16.5. The SMILES string of the molecule is COc1ccc(NC(=O)c2cc(Nc3cc(C)on3)ncn2)c(OC)c1. The van der Waals surface area contributed by atoms with Crippen molar-refractivity contribution in [2.75, 3.05) is 24.9 Å². The molecule has 2 N–H and O–H groups in total. The molecule has 0 bridgehead atoms. The van der Waals surface area contributed by atoms with Crippen LogP contribution in [0.5, 0.6) is 11.5 Å². The predicted octanol–water partition coefficient (Wildman–Crippen LogP) is 2.79. The highest BCUT2D eigenvalue weighted by Crippen LogP contribution is 2.29. The second kappa shape index (κ2) is 7.51. The van der Waals surface area contributed by atoms with Crippen LogP contribution in [-0.2, 0) is 0 Å². The Labute approximate surface area is 149 Å². The fourth-order valence-corrected chi connectivity index (χ4v) is 2.19. The number of benzene rings is 1. The van der Waals surface area contributed by atoms with Crippen molar-refractivity contribution in [3.8, 4) is 11.5 Å². The summed E-state index contributed by atoms with van der Waals surface area (Å²) in [6.45, 7) is 1.78. The molecule has 0 atom stereocenters. The minimum atomic E-state index is -0.407. The van der Waals surface area contributed by atoms with E-state index >= 15 is 0 Å². The molecule has 3 rings (SSSR count). The first-order valence-electron chi connectivity index (χ1n) is 7.65.